The standard InChI is InChI=1S/C24H32O9/c1-30-18(26)22(19(27)31-2)9-7-16-6-5-15-13-23(20(28)32-3,21(29)33-4)10-8-17(15)24(16,14-25)12-11-22/h5-6,14-17H,7-13H2,1-4H3/t15-,16-,17-,24-/m0/s1. The number of hydrogen-bond donors (Lipinski definition) is 0. The molecule has 182 valence electrons. The van der Waals surface area contributed by atoms with Crippen LogP contribution in [0, 0.1) is 34.0 Å². The molecule has 0 saturated heterocycles. The van der Waals surface area contributed by atoms with Crippen LogP contribution in [0.3, 0.4) is 0 Å². The van der Waals surface area contributed by atoms with Gasteiger partial charge in [0.1, 0.15) is 6.29 Å². The Bertz CT molecular complexity index is 828. The van der Waals surface area contributed by atoms with Gasteiger partial charge in [-0.2, -0.15) is 0 Å². The molecule has 3 aliphatic rings. The van der Waals surface area contributed by atoms with Crippen LogP contribution in [0.5, 0.6) is 0 Å². The summed E-state index contributed by atoms with van der Waals surface area (Å²) in [7, 11) is 4.94. The third-order valence-electron chi connectivity index (χ3n) is 8.35. The van der Waals surface area contributed by atoms with Crippen LogP contribution in [-0.2, 0) is 42.9 Å². The van der Waals surface area contributed by atoms with Crippen LogP contribution in [0.2, 0.25) is 0 Å². The molecule has 33 heavy (non-hydrogen) atoms. The highest BCUT2D eigenvalue weighted by Crippen LogP contribution is 2.60. The monoisotopic (exact) mass is 464 g/mol. The van der Waals surface area contributed by atoms with Gasteiger partial charge in [0.05, 0.1) is 28.4 Å². The van der Waals surface area contributed by atoms with Gasteiger partial charge in [-0.25, -0.2) is 0 Å². The highest BCUT2D eigenvalue weighted by Gasteiger charge is 2.61. The quantitative estimate of drug-likeness (QED) is 0.198. The zero-order valence-corrected chi connectivity index (χ0v) is 19.6. The maximum Gasteiger partial charge on any atom is 0.323 e. The van der Waals surface area contributed by atoms with Crippen LogP contribution in [-0.4, -0.2) is 58.6 Å². The Labute approximate surface area is 193 Å². The van der Waals surface area contributed by atoms with Crippen molar-refractivity contribution in [3.05, 3.63) is 12.2 Å². The van der Waals surface area contributed by atoms with E-state index in [1.165, 1.54) is 28.4 Å². The van der Waals surface area contributed by atoms with Gasteiger partial charge in [0.2, 0.25) is 0 Å². The van der Waals surface area contributed by atoms with E-state index in [4.69, 9.17) is 18.9 Å². The molecular weight excluding hydrogens is 432 g/mol. The third-order valence-corrected chi connectivity index (χ3v) is 8.35. The Morgan fingerprint density at radius 2 is 1.24 bits per heavy atom. The first kappa shape index (κ1) is 24.9. The van der Waals surface area contributed by atoms with Crippen molar-refractivity contribution in [2.24, 2.45) is 34.0 Å². The number of rotatable bonds is 5. The second-order valence-electron chi connectivity index (χ2n) is 9.40. The van der Waals surface area contributed by atoms with E-state index in [1.54, 1.807) is 0 Å². The minimum absolute atomic E-state index is 0.123. The molecule has 2 fully saturated rings. The molecule has 0 aromatic carbocycles. The molecule has 0 heterocycles. The van der Waals surface area contributed by atoms with Gasteiger partial charge in [-0.3, -0.25) is 19.2 Å². The molecule has 0 radical (unpaired) electrons. The molecule has 9 nitrogen and oxygen atoms in total. The topological polar surface area (TPSA) is 122 Å². The molecule has 0 unspecified atom stereocenters. The lowest BCUT2D eigenvalue weighted by atomic mass is 9.51. The van der Waals surface area contributed by atoms with Crippen molar-refractivity contribution in [1.29, 1.82) is 0 Å². The first-order chi connectivity index (χ1) is 15.7. The first-order valence-electron chi connectivity index (χ1n) is 11.2. The fourth-order valence-corrected chi connectivity index (χ4v) is 6.52. The average molecular weight is 465 g/mol. The van der Waals surface area contributed by atoms with Crippen molar-refractivity contribution in [2.75, 3.05) is 28.4 Å². The van der Waals surface area contributed by atoms with Crippen LogP contribution < -0.4 is 0 Å². The maximum absolute atomic E-state index is 12.7. The Balaban J connectivity index is 1.98. The summed E-state index contributed by atoms with van der Waals surface area (Å²) >= 11 is 0. The van der Waals surface area contributed by atoms with Crippen molar-refractivity contribution in [1.82, 2.24) is 0 Å². The molecule has 0 amide bonds. The normalized spacial score (nSPS) is 31.6. The number of aldehydes is 1. The predicted molar refractivity (Wildman–Crippen MR) is 113 cm³/mol. The van der Waals surface area contributed by atoms with Crippen molar-refractivity contribution in [2.45, 2.75) is 44.9 Å². The van der Waals surface area contributed by atoms with Gasteiger partial charge in [-0.1, -0.05) is 12.2 Å². The van der Waals surface area contributed by atoms with Gasteiger partial charge >= 0.3 is 23.9 Å². The fraction of sp³-hybridized carbons (Fsp3) is 0.708. The van der Waals surface area contributed by atoms with Crippen molar-refractivity contribution in [3.63, 3.8) is 0 Å². The zero-order chi connectivity index (χ0) is 24.4. The lowest BCUT2D eigenvalue weighted by Crippen LogP contribution is -2.53. The highest BCUT2D eigenvalue weighted by atomic mass is 16.6. The Morgan fingerprint density at radius 1 is 0.727 bits per heavy atom. The van der Waals surface area contributed by atoms with Gasteiger partial charge in [0, 0.05) is 5.41 Å². The van der Waals surface area contributed by atoms with E-state index < -0.39 is 40.1 Å². The lowest BCUT2D eigenvalue weighted by molar-refractivity contribution is -0.176. The summed E-state index contributed by atoms with van der Waals surface area (Å²) in [6, 6.07) is 0. The number of carbonyl (C=O) groups excluding carboxylic acids is 5. The molecule has 0 bridgehead atoms. The molecule has 0 aliphatic heterocycles. The van der Waals surface area contributed by atoms with Crippen LogP contribution in [0.1, 0.15) is 44.9 Å². The number of ether oxygens (including phenoxy) is 4. The summed E-state index contributed by atoms with van der Waals surface area (Å²) < 4.78 is 19.8. The largest absolute Gasteiger partial charge is 0.468 e. The van der Waals surface area contributed by atoms with Crippen LogP contribution >= 0.6 is 0 Å². The molecule has 4 atom stereocenters. The van der Waals surface area contributed by atoms with E-state index in [0.717, 1.165) is 6.29 Å². The smallest absolute Gasteiger partial charge is 0.323 e. The highest BCUT2D eigenvalue weighted by molar-refractivity contribution is 6.01. The van der Waals surface area contributed by atoms with E-state index in [-0.39, 0.29) is 43.4 Å². The molecule has 3 aliphatic carbocycles. The third kappa shape index (κ3) is 3.65. The fourth-order valence-electron chi connectivity index (χ4n) is 6.52. The number of fused-ring (bicyclic) bond motifs is 3. The van der Waals surface area contributed by atoms with Gasteiger partial charge < -0.3 is 23.7 Å². The minimum atomic E-state index is -1.46. The molecule has 3 rings (SSSR count). The molecular formula is C24H32O9. The van der Waals surface area contributed by atoms with E-state index >= 15 is 0 Å². The molecule has 0 aromatic heterocycles. The Kier molecular flexibility index (Phi) is 7.00. The van der Waals surface area contributed by atoms with Gasteiger partial charge in [-0.15, -0.1) is 0 Å². The lowest BCUT2D eigenvalue weighted by Gasteiger charge is -2.51. The number of allylic oxidation sites excluding steroid dienone is 2. The SMILES string of the molecule is COC(=O)C1(C(=O)OC)CC[C@@H]2C=C[C@H]3CC(C(=O)OC)(C(=O)OC)CC[C@@H]3[C@]2(C=O)CC1. The second kappa shape index (κ2) is 9.27. The van der Waals surface area contributed by atoms with Crippen molar-refractivity contribution < 1.29 is 42.9 Å². The minimum Gasteiger partial charge on any atom is -0.468 e. The number of carbonyl (C=O) groups is 5. The molecule has 9 heteroatoms. The van der Waals surface area contributed by atoms with Crippen LogP contribution in [0.4, 0.5) is 0 Å². The molecule has 0 spiro atoms. The van der Waals surface area contributed by atoms with E-state index in [1.807, 2.05) is 12.2 Å². The Morgan fingerprint density at radius 3 is 1.76 bits per heavy atom. The molecule has 0 aromatic rings. The summed E-state index contributed by atoms with van der Waals surface area (Å²) in [6.07, 6.45) is 6.70. The molecule has 2 saturated carbocycles. The summed E-state index contributed by atoms with van der Waals surface area (Å²) in [6.45, 7) is 0. The second-order valence-corrected chi connectivity index (χ2v) is 9.40. The predicted octanol–water partition coefficient (Wildman–Crippen LogP) is 2.01. The van der Waals surface area contributed by atoms with E-state index in [0.29, 0.717) is 19.3 Å². The van der Waals surface area contributed by atoms with Crippen LogP contribution in [0.25, 0.3) is 0 Å². The number of methoxy groups -OCH3 is 4. The van der Waals surface area contributed by atoms with Gasteiger partial charge in [0.25, 0.3) is 0 Å². The average Bonchev–Trinajstić information content (AvgIpc) is 3.04. The van der Waals surface area contributed by atoms with Crippen molar-refractivity contribution >= 4 is 30.2 Å². The van der Waals surface area contributed by atoms with E-state index in [9.17, 15) is 24.0 Å². The Hall–Kier alpha value is -2.71. The van der Waals surface area contributed by atoms with E-state index in [2.05, 4.69) is 0 Å². The van der Waals surface area contributed by atoms with Crippen LogP contribution in [0.15, 0.2) is 12.2 Å². The first-order valence-corrected chi connectivity index (χ1v) is 11.2. The van der Waals surface area contributed by atoms with Crippen molar-refractivity contribution in [3.8, 4) is 0 Å². The number of hydrogen-bond acceptors (Lipinski definition) is 9. The summed E-state index contributed by atoms with van der Waals surface area (Å²) in [5.41, 5.74) is -3.71. The summed E-state index contributed by atoms with van der Waals surface area (Å²) in [5, 5.41) is 0. The van der Waals surface area contributed by atoms with Gasteiger partial charge in [-0.05, 0) is 62.7 Å². The molecule has 0 N–H and O–H groups in total. The number of esters is 4. The zero-order valence-electron chi connectivity index (χ0n) is 19.6. The van der Waals surface area contributed by atoms with Gasteiger partial charge in [0.15, 0.2) is 10.8 Å². The summed E-state index contributed by atoms with van der Waals surface area (Å²) in [5.74, 6) is -3.17. The summed E-state index contributed by atoms with van der Waals surface area (Å²) in [4.78, 5) is 63.4. The maximum atomic E-state index is 12.7.